The SMILES string of the molecule is Cc1ccc(C#N)c(NCC2C(C)(C)C2(C)C)n1. The first-order valence-corrected chi connectivity index (χ1v) is 6.42. The molecule has 1 aromatic rings. The molecule has 3 nitrogen and oxygen atoms in total. The molecule has 18 heavy (non-hydrogen) atoms. The van der Waals surface area contributed by atoms with Crippen molar-refractivity contribution in [2.75, 3.05) is 11.9 Å². The zero-order valence-electron chi connectivity index (χ0n) is 11.8. The van der Waals surface area contributed by atoms with Gasteiger partial charge in [0.2, 0.25) is 0 Å². The molecule has 0 amide bonds. The highest BCUT2D eigenvalue weighted by Gasteiger charge is 2.64. The standard InChI is InChI=1S/C15H21N3/c1-10-6-7-11(8-16)13(18-10)17-9-12-14(2,3)15(12,4)5/h6-7,12H,9H2,1-5H3,(H,17,18). The summed E-state index contributed by atoms with van der Waals surface area (Å²) in [6.07, 6.45) is 0. The van der Waals surface area contributed by atoms with E-state index in [1.54, 1.807) is 0 Å². The molecular formula is C15H21N3. The molecule has 1 saturated carbocycles. The Balaban J connectivity index is 2.09. The van der Waals surface area contributed by atoms with E-state index in [1.807, 2.05) is 19.1 Å². The van der Waals surface area contributed by atoms with Gasteiger partial charge in [-0.05, 0) is 35.8 Å². The molecule has 96 valence electrons. The fourth-order valence-electron chi connectivity index (χ4n) is 2.82. The Kier molecular flexibility index (Phi) is 2.85. The van der Waals surface area contributed by atoms with Crippen LogP contribution in [-0.4, -0.2) is 11.5 Å². The van der Waals surface area contributed by atoms with Crippen LogP contribution < -0.4 is 5.32 Å². The molecule has 0 aromatic carbocycles. The van der Waals surface area contributed by atoms with E-state index < -0.39 is 0 Å². The number of hydrogen-bond acceptors (Lipinski definition) is 3. The fraction of sp³-hybridized carbons (Fsp3) is 0.600. The maximum atomic E-state index is 9.07. The molecule has 0 aliphatic heterocycles. The second-order valence-corrected chi connectivity index (χ2v) is 6.34. The smallest absolute Gasteiger partial charge is 0.144 e. The average Bonchev–Trinajstić information content (AvgIpc) is 2.67. The molecule has 1 N–H and O–H groups in total. The third-order valence-corrected chi connectivity index (χ3v) is 4.95. The van der Waals surface area contributed by atoms with Crippen LogP contribution in [0.2, 0.25) is 0 Å². The van der Waals surface area contributed by atoms with Crippen LogP contribution >= 0.6 is 0 Å². The van der Waals surface area contributed by atoms with Crippen LogP contribution in [0, 0.1) is 35.0 Å². The molecule has 1 aromatic heterocycles. The topological polar surface area (TPSA) is 48.7 Å². The Morgan fingerprint density at radius 3 is 2.39 bits per heavy atom. The number of pyridine rings is 1. The molecule has 0 spiro atoms. The van der Waals surface area contributed by atoms with Crippen molar-refractivity contribution in [3.05, 3.63) is 23.4 Å². The molecular weight excluding hydrogens is 222 g/mol. The Bertz CT molecular complexity index is 495. The van der Waals surface area contributed by atoms with Gasteiger partial charge in [0.1, 0.15) is 11.9 Å². The fourth-order valence-corrected chi connectivity index (χ4v) is 2.82. The summed E-state index contributed by atoms with van der Waals surface area (Å²) in [6, 6.07) is 5.88. The molecule has 1 fully saturated rings. The van der Waals surface area contributed by atoms with Gasteiger partial charge in [-0.1, -0.05) is 27.7 Å². The van der Waals surface area contributed by atoms with Crippen molar-refractivity contribution in [3.63, 3.8) is 0 Å². The summed E-state index contributed by atoms with van der Waals surface area (Å²) in [5.74, 6) is 1.34. The highest BCUT2D eigenvalue weighted by atomic mass is 15.0. The number of rotatable bonds is 3. The Labute approximate surface area is 109 Å². The van der Waals surface area contributed by atoms with E-state index in [1.165, 1.54) is 0 Å². The maximum Gasteiger partial charge on any atom is 0.144 e. The Hall–Kier alpha value is -1.56. The second kappa shape index (κ2) is 3.98. The van der Waals surface area contributed by atoms with Crippen LogP contribution in [0.15, 0.2) is 12.1 Å². The van der Waals surface area contributed by atoms with E-state index in [9.17, 15) is 0 Å². The van der Waals surface area contributed by atoms with E-state index >= 15 is 0 Å². The van der Waals surface area contributed by atoms with Crippen molar-refractivity contribution in [3.8, 4) is 6.07 Å². The average molecular weight is 243 g/mol. The van der Waals surface area contributed by atoms with Crippen LogP contribution in [0.5, 0.6) is 0 Å². The van der Waals surface area contributed by atoms with E-state index in [-0.39, 0.29) is 0 Å². The number of hydrogen-bond donors (Lipinski definition) is 1. The number of anilines is 1. The number of aromatic nitrogens is 1. The molecule has 0 saturated heterocycles. The van der Waals surface area contributed by atoms with Crippen LogP contribution in [0.1, 0.15) is 39.0 Å². The number of nitrogens with zero attached hydrogens (tertiary/aromatic N) is 2. The minimum absolute atomic E-state index is 0.358. The van der Waals surface area contributed by atoms with E-state index in [2.05, 4.69) is 44.1 Å². The van der Waals surface area contributed by atoms with Crippen LogP contribution in [0.4, 0.5) is 5.82 Å². The van der Waals surface area contributed by atoms with Gasteiger partial charge in [0.05, 0.1) is 5.56 Å². The van der Waals surface area contributed by atoms with E-state index in [0.717, 1.165) is 18.1 Å². The van der Waals surface area contributed by atoms with Gasteiger partial charge in [-0.25, -0.2) is 4.98 Å². The Morgan fingerprint density at radius 2 is 1.89 bits per heavy atom. The van der Waals surface area contributed by atoms with E-state index in [0.29, 0.717) is 22.3 Å². The van der Waals surface area contributed by atoms with Crippen molar-refractivity contribution < 1.29 is 0 Å². The van der Waals surface area contributed by atoms with Gasteiger partial charge in [-0.15, -0.1) is 0 Å². The summed E-state index contributed by atoms with van der Waals surface area (Å²) in [7, 11) is 0. The van der Waals surface area contributed by atoms with Crippen molar-refractivity contribution in [2.45, 2.75) is 34.6 Å². The lowest BCUT2D eigenvalue weighted by molar-refractivity contribution is 0.457. The third-order valence-electron chi connectivity index (χ3n) is 4.95. The zero-order valence-corrected chi connectivity index (χ0v) is 11.8. The lowest BCUT2D eigenvalue weighted by Gasteiger charge is -2.09. The molecule has 0 radical (unpaired) electrons. The summed E-state index contributed by atoms with van der Waals surface area (Å²) in [5, 5.41) is 12.4. The highest BCUT2D eigenvalue weighted by Crippen LogP contribution is 2.68. The summed E-state index contributed by atoms with van der Waals surface area (Å²) >= 11 is 0. The summed E-state index contributed by atoms with van der Waals surface area (Å²) < 4.78 is 0. The first-order valence-electron chi connectivity index (χ1n) is 6.42. The lowest BCUT2D eigenvalue weighted by Crippen LogP contribution is -2.10. The molecule has 1 heterocycles. The van der Waals surface area contributed by atoms with Crippen LogP contribution in [0.3, 0.4) is 0 Å². The molecule has 3 heteroatoms. The number of aryl methyl sites for hydroxylation is 1. The number of nitriles is 1. The van der Waals surface area contributed by atoms with Crippen molar-refractivity contribution in [2.24, 2.45) is 16.7 Å². The van der Waals surface area contributed by atoms with Crippen molar-refractivity contribution in [1.29, 1.82) is 5.26 Å². The van der Waals surface area contributed by atoms with Gasteiger partial charge in [0, 0.05) is 12.2 Å². The first kappa shape index (κ1) is 12.9. The second-order valence-electron chi connectivity index (χ2n) is 6.34. The molecule has 0 unspecified atom stereocenters. The molecule has 1 aliphatic rings. The predicted molar refractivity (Wildman–Crippen MR) is 73.2 cm³/mol. The molecule has 0 atom stereocenters. The minimum Gasteiger partial charge on any atom is -0.369 e. The molecule has 1 aliphatic carbocycles. The minimum atomic E-state index is 0.358. The van der Waals surface area contributed by atoms with Gasteiger partial charge in [-0.2, -0.15) is 5.26 Å². The third kappa shape index (κ3) is 1.86. The summed E-state index contributed by atoms with van der Waals surface area (Å²) in [4.78, 5) is 4.41. The predicted octanol–water partition coefficient (Wildman–Crippen LogP) is 3.36. The quantitative estimate of drug-likeness (QED) is 0.885. The zero-order chi connectivity index (χ0) is 13.6. The van der Waals surface area contributed by atoms with Gasteiger partial charge in [-0.3, -0.25) is 0 Å². The van der Waals surface area contributed by atoms with Gasteiger partial charge in [0.25, 0.3) is 0 Å². The normalized spacial score (nSPS) is 20.2. The van der Waals surface area contributed by atoms with Gasteiger partial charge in [0.15, 0.2) is 0 Å². The maximum absolute atomic E-state index is 9.07. The van der Waals surface area contributed by atoms with Crippen molar-refractivity contribution >= 4 is 5.82 Å². The van der Waals surface area contributed by atoms with Crippen molar-refractivity contribution in [1.82, 2.24) is 4.98 Å². The molecule has 2 rings (SSSR count). The van der Waals surface area contributed by atoms with E-state index in [4.69, 9.17) is 5.26 Å². The molecule has 0 bridgehead atoms. The lowest BCUT2D eigenvalue weighted by atomic mass is 10.0. The van der Waals surface area contributed by atoms with Gasteiger partial charge < -0.3 is 5.32 Å². The monoisotopic (exact) mass is 243 g/mol. The van der Waals surface area contributed by atoms with Crippen LogP contribution in [-0.2, 0) is 0 Å². The van der Waals surface area contributed by atoms with Gasteiger partial charge >= 0.3 is 0 Å². The van der Waals surface area contributed by atoms with Crippen LogP contribution in [0.25, 0.3) is 0 Å². The summed E-state index contributed by atoms with van der Waals surface area (Å²) in [6.45, 7) is 12.0. The summed E-state index contributed by atoms with van der Waals surface area (Å²) in [5.41, 5.74) is 2.27. The Morgan fingerprint density at radius 1 is 1.28 bits per heavy atom. The largest absolute Gasteiger partial charge is 0.369 e. The highest BCUT2D eigenvalue weighted by molar-refractivity contribution is 5.52. The first-order chi connectivity index (χ1) is 8.30. The number of nitrogens with one attached hydrogen (secondary N) is 1.